The molecular formula is C18H25N3O2. The van der Waals surface area contributed by atoms with Crippen molar-refractivity contribution in [3.05, 3.63) is 29.3 Å². The van der Waals surface area contributed by atoms with Crippen LogP contribution in [0.4, 0.5) is 4.79 Å². The van der Waals surface area contributed by atoms with Crippen LogP contribution in [0.15, 0.2) is 18.2 Å². The lowest BCUT2D eigenvalue weighted by atomic mass is 9.99. The lowest BCUT2D eigenvalue weighted by Crippen LogP contribution is -2.41. The van der Waals surface area contributed by atoms with Gasteiger partial charge in [-0.1, -0.05) is 6.07 Å². The summed E-state index contributed by atoms with van der Waals surface area (Å²) in [5, 5.41) is 1.93. The van der Waals surface area contributed by atoms with Gasteiger partial charge in [-0.15, -0.1) is 0 Å². The molecule has 0 radical (unpaired) electrons. The monoisotopic (exact) mass is 315 g/mol. The molecule has 2 aliphatic heterocycles. The van der Waals surface area contributed by atoms with E-state index in [1.807, 2.05) is 17.1 Å². The van der Waals surface area contributed by atoms with Crippen LogP contribution < -0.4 is 10.2 Å². The third-order valence-electron chi connectivity index (χ3n) is 5.05. The highest BCUT2D eigenvalue weighted by Crippen LogP contribution is 2.32. The number of hydrogen-bond donors (Lipinski definition) is 1. The van der Waals surface area contributed by atoms with Crippen LogP contribution >= 0.6 is 0 Å². The maximum atomic E-state index is 12.0. The molecule has 124 valence electrons. The molecule has 1 amide bonds. The summed E-state index contributed by atoms with van der Waals surface area (Å²) in [5.41, 5.74) is 5.51. The molecule has 23 heavy (non-hydrogen) atoms. The Labute approximate surface area is 137 Å². The second kappa shape index (κ2) is 6.49. The number of hydrazine groups is 1. The van der Waals surface area contributed by atoms with Gasteiger partial charge in [0.05, 0.1) is 0 Å². The van der Waals surface area contributed by atoms with Gasteiger partial charge in [0.1, 0.15) is 5.75 Å². The zero-order valence-corrected chi connectivity index (χ0v) is 13.6. The Kier molecular flexibility index (Phi) is 4.23. The number of rotatable bonds is 4. The molecule has 0 bridgehead atoms. The minimum Gasteiger partial charge on any atom is -0.409 e. The molecule has 1 saturated carbocycles. The van der Waals surface area contributed by atoms with Crippen LogP contribution in [0.3, 0.4) is 0 Å². The number of carbonyl (C=O) groups excluding carboxylic acids is 1. The smallest absolute Gasteiger partial charge is 0.409 e. The van der Waals surface area contributed by atoms with Crippen LogP contribution in [-0.4, -0.2) is 42.2 Å². The fourth-order valence-corrected chi connectivity index (χ4v) is 3.56. The first-order valence-corrected chi connectivity index (χ1v) is 8.84. The molecule has 0 unspecified atom stereocenters. The average Bonchev–Trinajstić information content (AvgIpc) is 3.20. The number of nitrogens with zero attached hydrogens (tertiary/aromatic N) is 2. The van der Waals surface area contributed by atoms with Gasteiger partial charge in [-0.3, -0.25) is 10.3 Å². The molecular weight excluding hydrogens is 290 g/mol. The molecule has 1 saturated heterocycles. The quantitative estimate of drug-likeness (QED) is 0.927. The largest absolute Gasteiger partial charge is 0.427 e. The Hall–Kier alpha value is -1.59. The van der Waals surface area contributed by atoms with Gasteiger partial charge in [0.25, 0.3) is 0 Å². The van der Waals surface area contributed by atoms with E-state index in [1.165, 1.54) is 30.5 Å². The number of carbonyl (C=O) groups is 1. The molecule has 1 aromatic carbocycles. The Morgan fingerprint density at radius 1 is 1.17 bits per heavy atom. The highest BCUT2D eigenvalue weighted by atomic mass is 16.6. The highest BCUT2D eigenvalue weighted by molar-refractivity contribution is 5.70. The van der Waals surface area contributed by atoms with E-state index >= 15 is 0 Å². The van der Waals surface area contributed by atoms with Gasteiger partial charge < -0.3 is 4.74 Å². The number of hydrogen-bond acceptors (Lipinski definition) is 4. The van der Waals surface area contributed by atoms with Crippen LogP contribution in [0.25, 0.3) is 0 Å². The summed E-state index contributed by atoms with van der Waals surface area (Å²) in [6.07, 6.45) is 5.78. The van der Waals surface area contributed by atoms with Crippen molar-refractivity contribution in [3.8, 4) is 5.75 Å². The van der Waals surface area contributed by atoms with Crippen LogP contribution in [0.5, 0.6) is 5.75 Å². The Balaban J connectivity index is 1.36. The first-order valence-electron chi connectivity index (χ1n) is 8.84. The number of nitrogens with one attached hydrogen (secondary N) is 1. The van der Waals surface area contributed by atoms with Crippen LogP contribution in [0.2, 0.25) is 0 Å². The van der Waals surface area contributed by atoms with E-state index in [9.17, 15) is 4.79 Å². The topological polar surface area (TPSA) is 44.8 Å². The molecule has 0 atom stereocenters. The van der Waals surface area contributed by atoms with E-state index in [2.05, 4.69) is 16.4 Å². The van der Waals surface area contributed by atoms with Crippen molar-refractivity contribution < 1.29 is 9.53 Å². The van der Waals surface area contributed by atoms with Crippen molar-refractivity contribution in [2.75, 3.05) is 26.2 Å². The van der Waals surface area contributed by atoms with Crippen molar-refractivity contribution in [3.63, 3.8) is 0 Å². The van der Waals surface area contributed by atoms with E-state index in [-0.39, 0.29) is 6.09 Å². The highest BCUT2D eigenvalue weighted by Gasteiger charge is 2.26. The normalized spacial score (nSPS) is 21.9. The van der Waals surface area contributed by atoms with E-state index in [4.69, 9.17) is 4.74 Å². The second-order valence-electron chi connectivity index (χ2n) is 7.05. The third-order valence-corrected chi connectivity index (χ3v) is 5.05. The lowest BCUT2D eigenvalue weighted by molar-refractivity contribution is 0.159. The van der Waals surface area contributed by atoms with E-state index in [1.54, 1.807) is 0 Å². The summed E-state index contributed by atoms with van der Waals surface area (Å²) in [4.78, 5) is 14.5. The summed E-state index contributed by atoms with van der Waals surface area (Å²) in [7, 11) is 0. The Bertz CT molecular complexity index is 580. The first kappa shape index (κ1) is 15.0. The molecule has 4 rings (SSSR count). The molecule has 5 nitrogen and oxygen atoms in total. The second-order valence-corrected chi connectivity index (χ2v) is 7.05. The molecule has 2 heterocycles. The molecule has 2 fully saturated rings. The predicted molar refractivity (Wildman–Crippen MR) is 88.1 cm³/mol. The summed E-state index contributed by atoms with van der Waals surface area (Å²) < 4.78 is 5.46. The molecule has 0 spiro atoms. The number of ether oxygens (including phenoxy) is 1. The summed E-state index contributed by atoms with van der Waals surface area (Å²) >= 11 is 0. The minimum atomic E-state index is -0.377. The van der Waals surface area contributed by atoms with E-state index in [0.29, 0.717) is 5.75 Å². The number of amides is 1. The van der Waals surface area contributed by atoms with Crippen molar-refractivity contribution in [1.82, 2.24) is 15.3 Å². The third kappa shape index (κ3) is 3.85. The fraction of sp³-hybridized carbons (Fsp3) is 0.611. The van der Waals surface area contributed by atoms with Crippen LogP contribution in [0.1, 0.15) is 36.8 Å². The van der Waals surface area contributed by atoms with Crippen molar-refractivity contribution >= 4 is 6.09 Å². The van der Waals surface area contributed by atoms with Gasteiger partial charge in [-0.05, 0) is 61.3 Å². The Morgan fingerprint density at radius 2 is 2.00 bits per heavy atom. The zero-order chi connectivity index (χ0) is 15.6. The fourth-order valence-electron chi connectivity index (χ4n) is 3.56. The summed E-state index contributed by atoms with van der Waals surface area (Å²) in [5.74, 6) is 1.57. The molecule has 1 aromatic rings. The van der Waals surface area contributed by atoms with Crippen molar-refractivity contribution in [1.29, 1.82) is 0 Å². The molecule has 1 N–H and O–H groups in total. The van der Waals surface area contributed by atoms with Gasteiger partial charge in [-0.25, -0.2) is 9.80 Å². The maximum Gasteiger partial charge on any atom is 0.427 e. The number of benzene rings is 1. The zero-order valence-electron chi connectivity index (χ0n) is 13.6. The van der Waals surface area contributed by atoms with Crippen LogP contribution in [-0.2, 0) is 13.0 Å². The van der Waals surface area contributed by atoms with Gasteiger partial charge in [0, 0.05) is 32.7 Å². The SMILES string of the molecule is O=C(NN1CCCC1)Oc1ccc2c(c1)CN(CC1CC1)CC2. The van der Waals surface area contributed by atoms with Crippen molar-refractivity contribution in [2.45, 2.75) is 38.6 Å². The first-order chi connectivity index (χ1) is 11.3. The average molecular weight is 315 g/mol. The predicted octanol–water partition coefficient (Wildman–Crippen LogP) is 2.55. The van der Waals surface area contributed by atoms with E-state index in [0.717, 1.165) is 51.4 Å². The summed E-state index contributed by atoms with van der Waals surface area (Å²) in [6.45, 7) is 5.18. The lowest BCUT2D eigenvalue weighted by Gasteiger charge is -2.29. The minimum absolute atomic E-state index is 0.377. The van der Waals surface area contributed by atoms with Gasteiger partial charge in [0.15, 0.2) is 0 Å². The van der Waals surface area contributed by atoms with Crippen molar-refractivity contribution in [2.24, 2.45) is 5.92 Å². The standard InChI is InChI=1S/C18H25N3O2/c22-18(19-21-8-1-2-9-21)23-17-6-5-15-7-10-20(12-14-3-4-14)13-16(15)11-17/h5-6,11,14H,1-4,7-10,12-13H2,(H,19,22). The van der Waals surface area contributed by atoms with Gasteiger partial charge in [-0.2, -0.15) is 0 Å². The van der Waals surface area contributed by atoms with Gasteiger partial charge >= 0.3 is 6.09 Å². The van der Waals surface area contributed by atoms with Crippen LogP contribution in [0, 0.1) is 5.92 Å². The maximum absolute atomic E-state index is 12.0. The number of fused-ring (bicyclic) bond motifs is 1. The molecule has 0 aromatic heterocycles. The molecule has 1 aliphatic carbocycles. The molecule has 3 aliphatic rings. The molecule has 5 heteroatoms. The summed E-state index contributed by atoms with van der Waals surface area (Å²) in [6, 6.07) is 6.07. The van der Waals surface area contributed by atoms with E-state index < -0.39 is 0 Å². The Morgan fingerprint density at radius 3 is 2.78 bits per heavy atom. The van der Waals surface area contributed by atoms with Gasteiger partial charge in [0.2, 0.25) is 0 Å².